The molecule has 0 unspecified atom stereocenters. The molecule has 0 spiro atoms. The highest BCUT2D eigenvalue weighted by molar-refractivity contribution is 7.99. The van der Waals surface area contributed by atoms with Gasteiger partial charge in [-0.3, -0.25) is 14.5 Å². The van der Waals surface area contributed by atoms with Crippen LogP contribution in [0.1, 0.15) is 16.5 Å². The van der Waals surface area contributed by atoms with Gasteiger partial charge in [-0.1, -0.05) is 6.07 Å². The van der Waals surface area contributed by atoms with E-state index in [2.05, 4.69) is 15.5 Å². The zero-order valence-electron chi connectivity index (χ0n) is 13.8. The van der Waals surface area contributed by atoms with E-state index in [4.69, 9.17) is 4.42 Å². The molecule has 1 aliphatic rings. The number of rotatable bonds is 6. The Morgan fingerprint density at radius 2 is 2.00 bits per heavy atom. The molecule has 1 saturated heterocycles. The van der Waals surface area contributed by atoms with E-state index >= 15 is 0 Å². The fourth-order valence-electron chi connectivity index (χ4n) is 2.74. The van der Waals surface area contributed by atoms with Crippen molar-refractivity contribution < 1.29 is 14.0 Å². The molecule has 2 aromatic rings. The molecule has 0 saturated carbocycles. The van der Waals surface area contributed by atoms with Crippen molar-refractivity contribution in [3.05, 3.63) is 46.5 Å². The Balaban J connectivity index is 1.52. The summed E-state index contributed by atoms with van der Waals surface area (Å²) in [5.74, 6) is 0.942. The Morgan fingerprint density at radius 1 is 1.20 bits per heavy atom. The first-order chi connectivity index (χ1) is 12.2. The second kappa shape index (κ2) is 9.07. The number of thiophene rings is 1. The summed E-state index contributed by atoms with van der Waals surface area (Å²) < 4.78 is 5.20. The minimum absolute atomic E-state index is 0.0219. The third-order valence-corrected chi connectivity index (χ3v) is 5.90. The van der Waals surface area contributed by atoms with E-state index in [1.165, 1.54) is 0 Å². The van der Waals surface area contributed by atoms with Crippen LogP contribution in [0.25, 0.3) is 0 Å². The van der Waals surface area contributed by atoms with Crippen molar-refractivity contribution in [3.8, 4) is 0 Å². The third kappa shape index (κ3) is 5.10. The number of thioether (sulfide) groups is 1. The van der Waals surface area contributed by atoms with Gasteiger partial charge in [0.15, 0.2) is 0 Å². The smallest absolute Gasteiger partial charge is 0.309 e. The summed E-state index contributed by atoms with van der Waals surface area (Å²) in [6.45, 7) is 2.68. The van der Waals surface area contributed by atoms with Crippen LogP contribution in [0, 0.1) is 0 Å². The van der Waals surface area contributed by atoms with Gasteiger partial charge in [-0.05, 0) is 17.5 Å². The van der Waals surface area contributed by atoms with Crippen LogP contribution in [-0.4, -0.2) is 47.9 Å². The van der Waals surface area contributed by atoms with E-state index in [-0.39, 0.29) is 6.04 Å². The Labute approximate surface area is 155 Å². The first kappa shape index (κ1) is 18.0. The minimum Gasteiger partial charge on any atom is -0.472 e. The van der Waals surface area contributed by atoms with Gasteiger partial charge >= 0.3 is 11.8 Å². The van der Waals surface area contributed by atoms with Gasteiger partial charge in [0.05, 0.1) is 25.1 Å². The quantitative estimate of drug-likeness (QED) is 0.750. The van der Waals surface area contributed by atoms with Crippen LogP contribution in [0.2, 0.25) is 0 Å². The molecule has 0 aromatic carbocycles. The predicted molar refractivity (Wildman–Crippen MR) is 99.5 cm³/mol. The summed E-state index contributed by atoms with van der Waals surface area (Å²) >= 11 is 3.48. The Morgan fingerprint density at radius 3 is 2.68 bits per heavy atom. The lowest BCUT2D eigenvalue weighted by Gasteiger charge is -2.33. The van der Waals surface area contributed by atoms with Crippen LogP contribution in [0.4, 0.5) is 0 Å². The van der Waals surface area contributed by atoms with Gasteiger partial charge in [-0.2, -0.15) is 11.8 Å². The molecule has 0 aliphatic carbocycles. The van der Waals surface area contributed by atoms with Gasteiger partial charge in [0.2, 0.25) is 0 Å². The highest BCUT2D eigenvalue weighted by Crippen LogP contribution is 2.24. The molecule has 0 bridgehead atoms. The Hall–Kier alpha value is -1.77. The van der Waals surface area contributed by atoms with E-state index in [1.54, 1.807) is 23.9 Å². The van der Waals surface area contributed by atoms with Crippen molar-refractivity contribution in [3.63, 3.8) is 0 Å². The molecular weight excluding hydrogens is 358 g/mol. The molecule has 8 heteroatoms. The zero-order chi connectivity index (χ0) is 17.5. The fraction of sp³-hybridized carbons (Fsp3) is 0.412. The number of amides is 2. The molecule has 2 amide bonds. The summed E-state index contributed by atoms with van der Waals surface area (Å²) in [6, 6.07) is 5.77. The van der Waals surface area contributed by atoms with Crippen molar-refractivity contribution >= 4 is 34.9 Å². The SMILES string of the molecule is O=C(NCc1cccs1)C(=O)NC[C@H](c1ccoc1)N1CCSCC1. The van der Waals surface area contributed by atoms with E-state index in [0.29, 0.717) is 13.1 Å². The number of hydrogen-bond donors (Lipinski definition) is 2. The molecule has 1 aliphatic heterocycles. The second-order valence-electron chi connectivity index (χ2n) is 5.69. The number of carbonyl (C=O) groups excluding carboxylic acids is 2. The molecule has 25 heavy (non-hydrogen) atoms. The normalized spacial score (nSPS) is 16.3. The molecule has 1 fully saturated rings. The maximum atomic E-state index is 12.1. The van der Waals surface area contributed by atoms with Gasteiger partial charge in [-0.15, -0.1) is 11.3 Å². The lowest BCUT2D eigenvalue weighted by atomic mass is 10.1. The van der Waals surface area contributed by atoms with Gasteiger partial charge in [-0.25, -0.2) is 0 Å². The molecule has 6 nitrogen and oxygen atoms in total. The first-order valence-electron chi connectivity index (χ1n) is 8.16. The van der Waals surface area contributed by atoms with Crippen molar-refractivity contribution in [1.29, 1.82) is 0 Å². The van der Waals surface area contributed by atoms with E-state index < -0.39 is 11.8 Å². The fourth-order valence-corrected chi connectivity index (χ4v) is 4.32. The van der Waals surface area contributed by atoms with Crippen molar-refractivity contribution in [2.45, 2.75) is 12.6 Å². The number of carbonyl (C=O) groups is 2. The summed E-state index contributed by atoms with van der Waals surface area (Å²) in [7, 11) is 0. The topological polar surface area (TPSA) is 74.6 Å². The van der Waals surface area contributed by atoms with E-state index in [0.717, 1.165) is 35.0 Å². The van der Waals surface area contributed by atoms with Crippen LogP contribution in [0.3, 0.4) is 0 Å². The summed E-state index contributed by atoms with van der Waals surface area (Å²) in [5, 5.41) is 7.35. The van der Waals surface area contributed by atoms with Crippen molar-refractivity contribution in [1.82, 2.24) is 15.5 Å². The third-order valence-electron chi connectivity index (χ3n) is 4.08. The summed E-state index contributed by atoms with van der Waals surface area (Å²) in [4.78, 5) is 27.4. The highest BCUT2D eigenvalue weighted by Gasteiger charge is 2.25. The van der Waals surface area contributed by atoms with Crippen LogP contribution in [0.5, 0.6) is 0 Å². The molecule has 0 radical (unpaired) electrons. The van der Waals surface area contributed by atoms with Gasteiger partial charge in [0.1, 0.15) is 0 Å². The standard InChI is InChI=1S/C17H21N3O3S2/c21-16(18-10-14-2-1-7-25-14)17(22)19-11-15(13-3-6-23-12-13)20-4-8-24-9-5-20/h1-3,6-7,12,15H,4-5,8-11H2,(H,18,21)(H,19,22)/t15-/m1/s1. The van der Waals surface area contributed by atoms with Gasteiger partial charge < -0.3 is 15.1 Å². The van der Waals surface area contributed by atoms with E-state index in [9.17, 15) is 9.59 Å². The zero-order valence-corrected chi connectivity index (χ0v) is 15.4. The predicted octanol–water partition coefficient (Wildman–Crippen LogP) is 1.86. The molecular formula is C17H21N3O3S2. The van der Waals surface area contributed by atoms with Crippen LogP contribution in [-0.2, 0) is 16.1 Å². The largest absolute Gasteiger partial charge is 0.472 e. The molecule has 2 aromatic heterocycles. The van der Waals surface area contributed by atoms with Gasteiger partial charge in [0.25, 0.3) is 0 Å². The Bertz CT molecular complexity index is 667. The summed E-state index contributed by atoms with van der Waals surface area (Å²) in [5.41, 5.74) is 1.02. The lowest BCUT2D eigenvalue weighted by molar-refractivity contribution is -0.139. The molecule has 1 atom stereocenters. The number of hydrogen-bond acceptors (Lipinski definition) is 6. The van der Waals surface area contributed by atoms with Crippen LogP contribution >= 0.6 is 23.1 Å². The van der Waals surface area contributed by atoms with E-state index in [1.807, 2.05) is 35.3 Å². The second-order valence-corrected chi connectivity index (χ2v) is 7.95. The molecule has 3 rings (SSSR count). The van der Waals surface area contributed by atoms with Crippen LogP contribution < -0.4 is 10.6 Å². The van der Waals surface area contributed by atoms with Crippen molar-refractivity contribution in [2.75, 3.05) is 31.1 Å². The number of nitrogens with zero attached hydrogens (tertiary/aromatic N) is 1. The molecule has 134 valence electrons. The van der Waals surface area contributed by atoms with Crippen molar-refractivity contribution in [2.24, 2.45) is 0 Å². The average molecular weight is 380 g/mol. The minimum atomic E-state index is -0.603. The monoisotopic (exact) mass is 379 g/mol. The highest BCUT2D eigenvalue weighted by atomic mass is 32.2. The summed E-state index contributed by atoms with van der Waals surface area (Å²) in [6.07, 6.45) is 3.34. The maximum Gasteiger partial charge on any atom is 0.309 e. The number of furan rings is 1. The van der Waals surface area contributed by atoms with Gasteiger partial charge in [0, 0.05) is 41.6 Å². The maximum absolute atomic E-state index is 12.1. The molecule has 2 N–H and O–H groups in total. The molecule has 3 heterocycles. The first-order valence-corrected chi connectivity index (χ1v) is 10.2. The number of nitrogens with one attached hydrogen (secondary N) is 2. The van der Waals surface area contributed by atoms with Crippen LogP contribution in [0.15, 0.2) is 40.5 Å². The lowest BCUT2D eigenvalue weighted by Crippen LogP contribution is -2.45. The Kier molecular flexibility index (Phi) is 6.55. The average Bonchev–Trinajstić information content (AvgIpc) is 3.34.